The van der Waals surface area contributed by atoms with Gasteiger partial charge in [-0.25, -0.2) is 17.2 Å². The van der Waals surface area contributed by atoms with E-state index in [0.717, 1.165) is 18.0 Å². The molecular formula is C16H19F2N3O3S. The van der Waals surface area contributed by atoms with Crippen LogP contribution in [0.5, 0.6) is 0 Å². The molecule has 6 nitrogen and oxygen atoms in total. The van der Waals surface area contributed by atoms with Gasteiger partial charge < -0.3 is 5.11 Å². The van der Waals surface area contributed by atoms with Crippen LogP contribution in [0, 0.1) is 11.6 Å². The van der Waals surface area contributed by atoms with E-state index in [2.05, 4.69) is 5.10 Å². The summed E-state index contributed by atoms with van der Waals surface area (Å²) < 4.78 is 51.4. The van der Waals surface area contributed by atoms with Gasteiger partial charge in [0.25, 0.3) is 0 Å². The molecular weight excluding hydrogens is 352 g/mol. The van der Waals surface area contributed by atoms with E-state index < -0.39 is 27.6 Å². The largest absolute Gasteiger partial charge is 0.386 e. The number of aromatic nitrogens is 2. The van der Waals surface area contributed by atoms with Gasteiger partial charge in [0, 0.05) is 31.5 Å². The highest BCUT2D eigenvalue weighted by Crippen LogP contribution is 2.21. The van der Waals surface area contributed by atoms with Gasteiger partial charge in [-0.2, -0.15) is 5.10 Å². The van der Waals surface area contributed by atoms with E-state index in [1.807, 2.05) is 4.90 Å². The predicted octanol–water partition coefficient (Wildman–Crippen LogP) is 1.26. The van der Waals surface area contributed by atoms with Crippen LogP contribution in [-0.2, 0) is 29.5 Å². The molecule has 136 valence electrons. The molecule has 1 atom stereocenters. The first-order valence-electron chi connectivity index (χ1n) is 7.80. The molecule has 1 aromatic carbocycles. The van der Waals surface area contributed by atoms with Crippen LogP contribution in [0.15, 0.2) is 24.3 Å². The summed E-state index contributed by atoms with van der Waals surface area (Å²) in [6.07, 6.45) is -0.121. The summed E-state index contributed by atoms with van der Waals surface area (Å²) in [7, 11) is -3.32. The van der Waals surface area contributed by atoms with Crippen LogP contribution in [-0.4, -0.2) is 46.8 Å². The number of halogens is 2. The Balaban J connectivity index is 1.72. The summed E-state index contributed by atoms with van der Waals surface area (Å²) in [5, 5.41) is 14.3. The van der Waals surface area contributed by atoms with Gasteiger partial charge in [-0.3, -0.25) is 9.58 Å². The molecule has 1 aliphatic rings. The van der Waals surface area contributed by atoms with Gasteiger partial charge in [-0.15, -0.1) is 0 Å². The van der Waals surface area contributed by atoms with Crippen molar-refractivity contribution >= 4 is 9.84 Å². The van der Waals surface area contributed by atoms with Gasteiger partial charge in [0.15, 0.2) is 11.6 Å². The Bertz CT molecular complexity index is 883. The highest BCUT2D eigenvalue weighted by molar-refractivity contribution is 7.90. The lowest BCUT2D eigenvalue weighted by molar-refractivity contribution is 0.190. The third-order valence-corrected chi connectivity index (χ3v) is 5.04. The first-order chi connectivity index (χ1) is 11.7. The molecule has 1 aromatic heterocycles. The zero-order chi connectivity index (χ0) is 18.2. The van der Waals surface area contributed by atoms with Crippen LogP contribution >= 0.6 is 0 Å². The number of hydrogen-bond donors (Lipinski definition) is 1. The predicted molar refractivity (Wildman–Crippen MR) is 87.4 cm³/mol. The summed E-state index contributed by atoms with van der Waals surface area (Å²) in [6.45, 7) is 1.83. The molecule has 0 spiro atoms. The normalized spacial score (nSPS) is 16.6. The SMILES string of the molecule is CS(=O)(=O)CC(O)c1cc2n(n1)CCN(Cc1cccc(F)c1F)C2. The number of aliphatic hydroxyl groups is 1. The van der Waals surface area contributed by atoms with E-state index in [1.165, 1.54) is 6.07 Å². The maximum absolute atomic E-state index is 13.8. The topological polar surface area (TPSA) is 75.4 Å². The molecule has 2 aromatic rings. The van der Waals surface area contributed by atoms with Gasteiger partial charge >= 0.3 is 0 Å². The van der Waals surface area contributed by atoms with Gasteiger partial charge in [0.1, 0.15) is 15.9 Å². The standard InChI is InChI=1S/C16H19F2N3O3S/c1-25(23,24)10-15(22)14-7-12-9-20(5-6-21(12)19-14)8-11-3-2-4-13(17)16(11)18/h2-4,7,15,22H,5-6,8-10H2,1H3. The summed E-state index contributed by atoms with van der Waals surface area (Å²) in [4.78, 5) is 1.95. The molecule has 3 rings (SSSR count). The fraction of sp³-hybridized carbons (Fsp3) is 0.438. The molecule has 0 saturated heterocycles. The average molecular weight is 371 g/mol. The summed E-state index contributed by atoms with van der Waals surface area (Å²) in [5.74, 6) is -2.10. The number of aliphatic hydroxyl groups excluding tert-OH is 1. The van der Waals surface area contributed by atoms with Crippen molar-refractivity contribution in [2.24, 2.45) is 0 Å². The van der Waals surface area contributed by atoms with Gasteiger partial charge in [-0.05, 0) is 12.1 Å². The molecule has 0 radical (unpaired) electrons. The maximum atomic E-state index is 13.8. The van der Waals surface area contributed by atoms with E-state index in [4.69, 9.17) is 0 Å². The van der Waals surface area contributed by atoms with Crippen LogP contribution in [0.25, 0.3) is 0 Å². The molecule has 1 aliphatic heterocycles. The highest BCUT2D eigenvalue weighted by atomic mass is 32.2. The fourth-order valence-electron chi connectivity index (χ4n) is 2.92. The lowest BCUT2D eigenvalue weighted by atomic mass is 10.1. The number of nitrogens with zero attached hydrogens (tertiary/aromatic N) is 3. The average Bonchev–Trinajstić information content (AvgIpc) is 2.94. The van der Waals surface area contributed by atoms with Crippen LogP contribution in [0.2, 0.25) is 0 Å². The monoisotopic (exact) mass is 371 g/mol. The van der Waals surface area contributed by atoms with E-state index in [0.29, 0.717) is 25.3 Å². The molecule has 1 unspecified atom stereocenters. The molecule has 0 bridgehead atoms. The summed E-state index contributed by atoms with van der Waals surface area (Å²) >= 11 is 0. The molecule has 0 saturated carbocycles. The Morgan fingerprint density at radius 1 is 1.32 bits per heavy atom. The van der Waals surface area contributed by atoms with Crippen molar-refractivity contribution in [3.05, 3.63) is 52.9 Å². The molecule has 25 heavy (non-hydrogen) atoms. The first kappa shape index (κ1) is 18.0. The molecule has 0 aliphatic carbocycles. The summed E-state index contributed by atoms with van der Waals surface area (Å²) in [6, 6.07) is 5.76. The van der Waals surface area contributed by atoms with Crippen LogP contribution in [0.3, 0.4) is 0 Å². The number of rotatable bonds is 5. The third-order valence-electron chi connectivity index (χ3n) is 4.12. The second-order valence-electron chi connectivity index (χ2n) is 6.32. The Kier molecular flexibility index (Phi) is 4.90. The van der Waals surface area contributed by atoms with Crippen molar-refractivity contribution in [2.45, 2.75) is 25.7 Å². The highest BCUT2D eigenvalue weighted by Gasteiger charge is 2.23. The van der Waals surface area contributed by atoms with E-state index in [1.54, 1.807) is 16.8 Å². The Morgan fingerprint density at radius 3 is 2.80 bits per heavy atom. The van der Waals surface area contributed by atoms with E-state index >= 15 is 0 Å². The maximum Gasteiger partial charge on any atom is 0.163 e. The molecule has 1 N–H and O–H groups in total. The minimum Gasteiger partial charge on any atom is -0.386 e. The van der Waals surface area contributed by atoms with Crippen LogP contribution < -0.4 is 0 Å². The van der Waals surface area contributed by atoms with E-state index in [-0.39, 0.29) is 17.9 Å². The Labute approximate surface area is 144 Å². The van der Waals surface area contributed by atoms with E-state index in [9.17, 15) is 22.3 Å². The second-order valence-corrected chi connectivity index (χ2v) is 8.50. The van der Waals surface area contributed by atoms with Crippen molar-refractivity contribution in [3.8, 4) is 0 Å². The molecule has 0 fully saturated rings. The van der Waals surface area contributed by atoms with Crippen molar-refractivity contribution in [1.29, 1.82) is 0 Å². The minimum atomic E-state index is -3.32. The smallest absolute Gasteiger partial charge is 0.163 e. The molecule has 2 heterocycles. The Hall–Kier alpha value is -1.84. The number of fused-ring (bicyclic) bond motifs is 1. The van der Waals surface area contributed by atoms with Gasteiger partial charge in [0.05, 0.1) is 23.7 Å². The van der Waals surface area contributed by atoms with Crippen molar-refractivity contribution in [2.75, 3.05) is 18.6 Å². The third kappa shape index (κ3) is 4.23. The fourth-order valence-corrected chi connectivity index (χ4v) is 3.67. The van der Waals surface area contributed by atoms with Crippen molar-refractivity contribution in [1.82, 2.24) is 14.7 Å². The van der Waals surface area contributed by atoms with Crippen molar-refractivity contribution < 1.29 is 22.3 Å². The van der Waals surface area contributed by atoms with Crippen LogP contribution in [0.4, 0.5) is 8.78 Å². The molecule has 9 heteroatoms. The lowest BCUT2D eigenvalue weighted by Gasteiger charge is -2.27. The summed E-state index contributed by atoms with van der Waals surface area (Å²) in [5.41, 5.74) is 1.38. The second kappa shape index (κ2) is 6.81. The van der Waals surface area contributed by atoms with Gasteiger partial charge in [0.2, 0.25) is 0 Å². The quantitative estimate of drug-likeness (QED) is 0.856. The van der Waals surface area contributed by atoms with Crippen LogP contribution in [0.1, 0.15) is 23.1 Å². The number of benzene rings is 1. The zero-order valence-corrected chi connectivity index (χ0v) is 14.5. The lowest BCUT2D eigenvalue weighted by Crippen LogP contribution is -2.33. The van der Waals surface area contributed by atoms with Gasteiger partial charge in [-0.1, -0.05) is 12.1 Å². The van der Waals surface area contributed by atoms with Crippen molar-refractivity contribution in [3.63, 3.8) is 0 Å². The first-order valence-corrected chi connectivity index (χ1v) is 9.86. The molecule has 0 amide bonds. The zero-order valence-electron chi connectivity index (χ0n) is 13.7. The number of hydrogen-bond acceptors (Lipinski definition) is 5. The Morgan fingerprint density at radius 2 is 2.08 bits per heavy atom. The minimum absolute atomic E-state index is 0.260. The number of sulfone groups is 1.